The maximum absolute atomic E-state index is 12.6. The molecule has 0 radical (unpaired) electrons. The second-order valence-electron chi connectivity index (χ2n) is 6.87. The molecular formula is C22H26N2O4. The summed E-state index contributed by atoms with van der Waals surface area (Å²) < 4.78 is 10.8. The van der Waals surface area contributed by atoms with Crippen LogP contribution in [0.4, 0.5) is 5.69 Å². The number of ether oxygens (including phenoxy) is 2. The fourth-order valence-corrected chi connectivity index (χ4v) is 3.26. The van der Waals surface area contributed by atoms with Gasteiger partial charge in [0.2, 0.25) is 5.91 Å². The Morgan fingerprint density at radius 2 is 1.93 bits per heavy atom. The van der Waals surface area contributed by atoms with Crippen LogP contribution in [-0.2, 0) is 16.0 Å². The molecule has 0 aliphatic carbocycles. The van der Waals surface area contributed by atoms with Crippen molar-refractivity contribution < 1.29 is 19.1 Å². The summed E-state index contributed by atoms with van der Waals surface area (Å²) in [6.07, 6.45) is 1.01. The van der Waals surface area contributed by atoms with E-state index in [1.165, 1.54) is 0 Å². The van der Waals surface area contributed by atoms with E-state index in [9.17, 15) is 9.59 Å². The standard InChI is InChI=1S/C22H26N2O4/c1-16-15-24(13-14-28-16)22(26)18-7-10-19(11-8-18)23-21(25)12-9-17-5-3-4-6-20(17)27-2/h3-8,10-11,16H,9,12-15H2,1-2H3,(H,23,25). The van der Waals surface area contributed by atoms with Gasteiger partial charge in [0.05, 0.1) is 19.8 Å². The van der Waals surface area contributed by atoms with Crippen LogP contribution < -0.4 is 10.1 Å². The summed E-state index contributed by atoms with van der Waals surface area (Å²) >= 11 is 0. The first-order chi connectivity index (χ1) is 13.6. The van der Waals surface area contributed by atoms with Crippen molar-refractivity contribution in [3.63, 3.8) is 0 Å². The molecule has 1 fully saturated rings. The number of nitrogens with zero attached hydrogens (tertiary/aromatic N) is 1. The van der Waals surface area contributed by atoms with Crippen LogP contribution in [0.1, 0.15) is 29.3 Å². The third kappa shape index (κ3) is 5.10. The average molecular weight is 382 g/mol. The van der Waals surface area contributed by atoms with E-state index in [1.807, 2.05) is 31.2 Å². The van der Waals surface area contributed by atoms with E-state index >= 15 is 0 Å². The molecule has 6 nitrogen and oxygen atoms in total. The van der Waals surface area contributed by atoms with Gasteiger partial charge in [0, 0.05) is 30.8 Å². The van der Waals surface area contributed by atoms with Crippen LogP contribution in [0.3, 0.4) is 0 Å². The Balaban J connectivity index is 1.53. The first kappa shape index (κ1) is 19.9. The van der Waals surface area contributed by atoms with Crippen LogP contribution >= 0.6 is 0 Å². The van der Waals surface area contributed by atoms with Crippen LogP contribution in [-0.4, -0.2) is 49.6 Å². The van der Waals surface area contributed by atoms with Crippen molar-refractivity contribution in [2.24, 2.45) is 0 Å². The van der Waals surface area contributed by atoms with Crippen molar-refractivity contribution in [3.05, 3.63) is 59.7 Å². The lowest BCUT2D eigenvalue weighted by Crippen LogP contribution is -2.44. The summed E-state index contributed by atoms with van der Waals surface area (Å²) in [5.74, 6) is 0.701. The smallest absolute Gasteiger partial charge is 0.254 e. The molecule has 1 atom stereocenters. The van der Waals surface area contributed by atoms with E-state index in [4.69, 9.17) is 9.47 Å². The first-order valence-electron chi connectivity index (χ1n) is 9.49. The van der Waals surface area contributed by atoms with E-state index in [0.717, 1.165) is 11.3 Å². The largest absolute Gasteiger partial charge is 0.496 e. The van der Waals surface area contributed by atoms with Gasteiger partial charge in [-0.2, -0.15) is 0 Å². The minimum absolute atomic E-state index is 0.0100. The summed E-state index contributed by atoms with van der Waals surface area (Å²) in [6.45, 7) is 3.72. The number of amides is 2. The molecule has 0 spiro atoms. The van der Waals surface area contributed by atoms with Crippen molar-refractivity contribution in [3.8, 4) is 5.75 Å². The molecule has 6 heteroatoms. The lowest BCUT2D eigenvalue weighted by molar-refractivity contribution is -0.116. The fourth-order valence-electron chi connectivity index (χ4n) is 3.26. The first-order valence-corrected chi connectivity index (χ1v) is 9.49. The third-order valence-corrected chi connectivity index (χ3v) is 4.76. The molecule has 3 rings (SSSR count). The van der Waals surface area contributed by atoms with Crippen LogP contribution in [0.5, 0.6) is 5.75 Å². The van der Waals surface area contributed by atoms with Gasteiger partial charge in [-0.3, -0.25) is 9.59 Å². The lowest BCUT2D eigenvalue weighted by Gasteiger charge is -2.31. The molecule has 1 unspecified atom stereocenters. The number of methoxy groups -OCH3 is 1. The number of nitrogens with one attached hydrogen (secondary N) is 1. The number of benzene rings is 2. The van der Waals surface area contributed by atoms with Gasteiger partial charge < -0.3 is 19.7 Å². The predicted octanol–water partition coefficient (Wildman–Crippen LogP) is 3.13. The summed E-state index contributed by atoms with van der Waals surface area (Å²) in [5, 5.41) is 2.88. The predicted molar refractivity (Wildman–Crippen MR) is 108 cm³/mol. The molecule has 1 saturated heterocycles. The van der Waals surface area contributed by atoms with Gasteiger partial charge in [0.15, 0.2) is 0 Å². The minimum atomic E-state index is -0.0769. The molecule has 0 saturated carbocycles. The number of hydrogen-bond acceptors (Lipinski definition) is 4. The van der Waals surface area contributed by atoms with Gasteiger partial charge in [0.1, 0.15) is 5.75 Å². The molecule has 0 aromatic heterocycles. The zero-order chi connectivity index (χ0) is 19.9. The second-order valence-corrected chi connectivity index (χ2v) is 6.87. The van der Waals surface area contributed by atoms with Gasteiger partial charge >= 0.3 is 0 Å². The molecule has 1 aliphatic rings. The molecule has 1 N–H and O–H groups in total. The van der Waals surface area contributed by atoms with Gasteiger partial charge in [0.25, 0.3) is 5.91 Å². The van der Waals surface area contributed by atoms with E-state index in [1.54, 1.807) is 36.3 Å². The highest BCUT2D eigenvalue weighted by molar-refractivity contribution is 5.96. The Labute approximate surface area is 165 Å². The van der Waals surface area contributed by atoms with E-state index in [0.29, 0.717) is 43.8 Å². The van der Waals surface area contributed by atoms with E-state index < -0.39 is 0 Å². The van der Waals surface area contributed by atoms with Crippen molar-refractivity contribution in [1.29, 1.82) is 0 Å². The van der Waals surface area contributed by atoms with Gasteiger partial charge in [-0.25, -0.2) is 0 Å². The highest BCUT2D eigenvalue weighted by Gasteiger charge is 2.22. The fraction of sp³-hybridized carbons (Fsp3) is 0.364. The lowest BCUT2D eigenvalue weighted by atomic mass is 10.1. The Morgan fingerprint density at radius 1 is 1.18 bits per heavy atom. The summed E-state index contributed by atoms with van der Waals surface area (Å²) in [7, 11) is 1.62. The normalized spacial score (nSPS) is 16.5. The Bertz CT molecular complexity index is 820. The number of carbonyl (C=O) groups excluding carboxylic acids is 2. The molecular weight excluding hydrogens is 356 g/mol. The molecule has 2 aromatic carbocycles. The van der Waals surface area contributed by atoms with E-state index in [2.05, 4.69) is 5.32 Å². The molecule has 2 amide bonds. The number of rotatable bonds is 6. The summed E-state index contributed by atoms with van der Waals surface area (Å²) in [4.78, 5) is 26.6. The zero-order valence-electron chi connectivity index (χ0n) is 16.3. The number of aryl methyl sites for hydroxylation is 1. The number of carbonyl (C=O) groups is 2. The molecule has 1 aliphatic heterocycles. The SMILES string of the molecule is COc1ccccc1CCC(=O)Nc1ccc(C(=O)N2CCOC(C)C2)cc1. The maximum atomic E-state index is 12.6. The van der Waals surface area contributed by atoms with Crippen molar-refractivity contribution in [2.45, 2.75) is 25.9 Å². The van der Waals surface area contributed by atoms with Crippen LogP contribution in [0.15, 0.2) is 48.5 Å². The number of morpholine rings is 1. The maximum Gasteiger partial charge on any atom is 0.254 e. The molecule has 0 bridgehead atoms. The molecule has 28 heavy (non-hydrogen) atoms. The van der Waals surface area contributed by atoms with Gasteiger partial charge in [-0.05, 0) is 49.2 Å². The topological polar surface area (TPSA) is 67.9 Å². The number of hydrogen-bond donors (Lipinski definition) is 1. The molecule has 2 aromatic rings. The van der Waals surface area contributed by atoms with Crippen LogP contribution in [0.2, 0.25) is 0 Å². The summed E-state index contributed by atoms with van der Waals surface area (Å²) in [6, 6.07) is 14.7. The van der Waals surface area contributed by atoms with Crippen molar-refractivity contribution in [1.82, 2.24) is 4.90 Å². The highest BCUT2D eigenvalue weighted by Crippen LogP contribution is 2.19. The van der Waals surface area contributed by atoms with Crippen LogP contribution in [0.25, 0.3) is 0 Å². The van der Waals surface area contributed by atoms with E-state index in [-0.39, 0.29) is 17.9 Å². The monoisotopic (exact) mass is 382 g/mol. The Hall–Kier alpha value is -2.86. The zero-order valence-corrected chi connectivity index (χ0v) is 16.3. The van der Waals surface area contributed by atoms with Gasteiger partial charge in [-0.15, -0.1) is 0 Å². The summed E-state index contributed by atoms with van der Waals surface area (Å²) in [5.41, 5.74) is 2.29. The molecule has 148 valence electrons. The van der Waals surface area contributed by atoms with Crippen LogP contribution in [0, 0.1) is 0 Å². The Kier molecular flexibility index (Phi) is 6.66. The van der Waals surface area contributed by atoms with Gasteiger partial charge in [-0.1, -0.05) is 18.2 Å². The quantitative estimate of drug-likeness (QED) is 0.834. The Morgan fingerprint density at radius 3 is 2.64 bits per heavy atom. The average Bonchev–Trinajstić information content (AvgIpc) is 2.72. The number of para-hydroxylation sites is 1. The minimum Gasteiger partial charge on any atom is -0.496 e. The highest BCUT2D eigenvalue weighted by atomic mass is 16.5. The van der Waals surface area contributed by atoms with Crippen molar-refractivity contribution >= 4 is 17.5 Å². The molecule has 1 heterocycles. The number of anilines is 1. The van der Waals surface area contributed by atoms with Crippen molar-refractivity contribution in [2.75, 3.05) is 32.1 Å². The third-order valence-electron chi connectivity index (χ3n) is 4.76. The second kappa shape index (κ2) is 9.37.